The van der Waals surface area contributed by atoms with E-state index < -0.39 is 0 Å². The van der Waals surface area contributed by atoms with Crippen molar-refractivity contribution in [2.45, 2.75) is 0 Å². The summed E-state index contributed by atoms with van der Waals surface area (Å²) in [7, 11) is 3.08. The monoisotopic (exact) mass is 389 g/mol. The quantitative estimate of drug-likeness (QED) is 0.638. The number of anilines is 1. The van der Waals surface area contributed by atoms with E-state index in [9.17, 15) is 4.39 Å². The predicted octanol–water partition coefficient (Wildman–Crippen LogP) is 3.82. The van der Waals surface area contributed by atoms with Crippen molar-refractivity contribution < 1.29 is 18.6 Å². The lowest BCUT2D eigenvalue weighted by Gasteiger charge is -2.12. The maximum Gasteiger partial charge on any atom is 0.153 e. The van der Waals surface area contributed by atoms with Crippen molar-refractivity contribution >= 4 is 28.3 Å². The van der Waals surface area contributed by atoms with E-state index in [4.69, 9.17) is 19.9 Å². The van der Waals surface area contributed by atoms with E-state index >= 15 is 0 Å². The molecule has 6 heteroatoms. The third-order valence-electron chi connectivity index (χ3n) is 2.61. The van der Waals surface area contributed by atoms with Gasteiger partial charge < -0.3 is 19.9 Å². The molecule has 0 saturated carbocycles. The largest absolute Gasteiger partial charge is 0.496 e. The summed E-state index contributed by atoms with van der Waals surface area (Å²) in [6.07, 6.45) is 0. The van der Waals surface area contributed by atoms with Crippen LogP contribution in [0.5, 0.6) is 23.0 Å². The van der Waals surface area contributed by atoms with Crippen LogP contribution in [0, 0.1) is 9.39 Å². The normalized spacial score (nSPS) is 10.2. The highest BCUT2D eigenvalue weighted by atomic mass is 127. The molecule has 20 heavy (non-hydrogen) atoms. The van der Waals surface area contributed by atoms with Crippen LogP contribution in [0.15, 0.2) is 30.3 Å². The Kier molecular flexibility index (Phi) is 4.53. The molecular weight excluding hydrogens is 376 g/mol. The Hall–Kier alpha value is -1.70. The molecule has 4 nitrogen and oxygen atoms in total. The third kappa shape index (κ3) is 3.24. The Morgan fingerprint density at radius 2 is 1.50 bits per heavy atom. The summed E-state index contributed by atoms with van der Waals surface area (Å²) in [5.74, 6) is 1.46. The van der Waals surface area contributed by atoms with Crippen LogP contribution < -0.4 is 19.9 Å². The zero-order valence-electron chi connectivity index (χ0n) is 10.9. The Morgan fingerprint density at radius 3 is 2.05 bits per heavy atom. The number of hydrogen-bond donors (Lipinski definition) is 1. The van der Waals surface area contributed by atoms with Gasteiger partial charge in [0.1, 0.15) is 23.1 Å². The molecule has 0 amide bonds. The molecule has 0 fully saturated rings. The second-order valence-electron chi connectivity index (χ2n) is 3.95. The van der Waals surface area contributed by atoms with E-state index in [0.717, 1.165) is 0 Å². The van der Waals surface area contributed by atoms with Crippen LogP contribution in [0.2, 0.25) is 0 Å². The molecule has 0 saturated heterocycles. The fraction of sp³-hybridized carbons (Fsp3) is 0.143. The van der Waals surface area contributed by atoms with Crippen molar-refractivity contribution in [3.63, 3.8) is 0 Å². The van der Waals surface area contributed by atoms with Gasteiger partial charge in [-0.25, -0.2) is 4.39 Å². The topological polar surface area (TPSA) is 53.7 Å². The molecule has 0 heterocycles. The van der Waals surface area contributed by atoms with Crippen molar-refractivity contribution in [2.75, 3.05) is 20.0 Å². The van der Waals surface area contributed by atoms with Gasteiger partial charge in [0.25, 0.3) is 0 Å². The van der Waals surface area contributed by atoms with Crippen molar-refractivity contribution in [1.82, 2.24) is 0 Å². The number of rotatable bonds is 4. The fourth-order valence-corrected chi connectivity index (χ4v) is 2.09. The fourth-order valence-electron chi connectivity index (χ4n) is 1.60. The van der Waals surface area contributed by atoms with E-state index in [1.165, 1.54) is 26.4 Å². The first kappa shape index (κ1) is 14.7. The smallest absolute Gasteiger partial charge is 0.153 e. The molecule has 0 unspecified atom stereocenters. The highest BCUT2D eigenvalue weighted by molar-refractivity contribution is 14.1. The van der Waals surface area contributed by atoms with Gasteiger partial charge in [-0.05, 0) is 28.7 Å². The van der Waals surface area contributed by atoms with Crippen molar-refractivity contribution in [3.05, 3.63) is 39.7 Å². The number of hydrogen-bond acceptors (Lipinski definition) is 4. The van der Waals surface area contributed by atoms with Crippen LogP contribution in [-0.2, 0) is 0 Å². The number of benzene rings is 2. The van der Waals surface area contributed by atoms with Gasteiger partial charge in [0, 0.05) is 24.3 Å². The van der Waals surface area contributed by atoms with Gasteiger partial charge in [-0.2, -0.15) is 0 Å². The number of halogens is 2. The number of nitrogens with two attached hydrogens (primary N) is 1. The standard InChI is InChI=1S/C14H13FINO3/c1-18-8-3-9(19-2)5-10(4-8)20-14-6-11(15)12(16)7-13(14)17/h3-7H,17H2,1-2H3. The van der Waals surface area contributed by atoms with Gasteiger partial charge in [0.05, 0.1) is 23.5 Å². The van der Waals surface area contributed by atoms with Gasteiger partial charge >= 0.3 is 0 Å². The molecule has 0 spiro atoms. The summed E-state index contributed by atoms with van der Waals surface area (Å²) >= 11 is 1.87. The summed E-state index contributed by atoms with van der Waals surface area (Å²) in [5, 5.41) is 0. The first-order valence-corrected chi connectivity index (χ1v) is 6.77. The zero-order valence-corrected chi connectivity index (χ0v) is 13.1. The minimum atomic E-state index is -0.385. The lowest BCUT2D eigenvalue weighted by atomic mass is 10.2. The summed E-state index contributed by atoms with van der Waals surface area (Å²) in [6.45, 7) is 0. The molecule has 0 radical (unpaired) electrons. The highest BCUT2D eigenvalue weighted by Gasteiger charge is 2.10. The number of ether oxygens (including phenoxy) is 3. The SMILES string of the molecule is COc1cc(OC)cc(Oc2cc(F)c(I)cc2N)c1. The summed E-state index contributed by atoms with van der Waals surface area (Å²) in [6, 6.07) is 7.81. The van der Waals surface area contributed by atoms with Crippen LogP contribution in [0.1, 0.15) is 0 Å². The molecule has 0 bridgehead atoms. The Bertz CT molecular complexity index is 612. The van der Waals surface area contributed by atoms with E-state index in [1.54, 1.807) is 18.2 Å². The Labute approximate surface area is 129 Å². The molecular formula is C14H13FINO3. The molecule has 2 rings (SSSR count). The maximum absolute atomic E-state index is 13.6. The van der Waals surface area contributed by atoms with E-state index in [1.807, 2.05) is 22.6 Å². The number of nitrogen functional groups attached to an aromatic ring is 1. The minimum absolute atomic E-state index is 0.248. The van der Waals surface area contributed by atoms with E-state index in [0.29, 0.717) is 26.5 Å². The molecule has 2 N–H and O–H groups in total. The Balaban J connectivity index is 2.36. The first-order valence-electron chi connectivity index (χ1n) is 5.69. The lowest BCUT2D eigenvalue weighted by Crippen LogP contribution is -1.96. The van der Waals surface area contributed by atoms with Crippen LogP contribution in [0.3, 0.4) is 0 Å². The molecule has 2 aromatic carbocycles. The zero-order chi connectivity index (χ0) is 14.7. The molecule has 0 aliphatic heterocycles. The van der Waals surface area contributed by atoms with Crippen molar-refractivity contribution in [2.24, 2.45) is 0 Å². The second kappa shape index (κ2) is 6.17. The van der Waals surface area contributed by atoms with Gasteiger partial charge in [0.2, 0.25) is 0 Å². The number of methoxy groups -OCH3 is 2. The van der Waals surface area contributed by atoms with Crippen LogP contribution in [0.25, 0.3) is 0 Å². The van der Waals surface area contributed by atoms with Crippen LogP contribution >= 0.6 is 22.6 Å². The van der Waals surface area contributed by atoms with Crippen LogP contribution in [0.4, 0.5) is 10.1 Å². The van der Waals surface area contributed by atoms with Crippen LogP contribution in [-0.4, -0.2) is 14.2 Å². The Morgan fingerprint density at radius 1 is 0.950 bits per heavy atom. The minimum Gasteiger partial charge on any atom is -0.496 e. The van der Waals surface area contributed by atoms with Gasteiger partial charge in [-0.3, -0.25) is 0 Å². The van der Waals surface area contributed by atoms with Gasteiger partial charge in [0.15, 0.2) is 5.75 Å². The van der Waals surface area contributed by atoms with E-state index in [-0.39, 0.29) is 11.6 Å². The summed E-state index contributed by atoms with van der Waals surface area (Å²) < 4.78 is 29.9. The van der Waals surface area contributed by atoms with E-state index in [2.05, 4.69) is 0 Å². The van der Waals surface area contributed by atoms with Gasteiger partial charge in [-0.15, -0.1) is 0 Å². The predicted molar refractivity (Wildman–Crippen MR) is 83.1 cm³/mol. The molecule has 2 aromatic rings. The summed E-state index contributed by atoms with van der Waals surface area (Å²) in [5.41, 5.74) is 6.18. The lowest BCUT2D eigenvalue weighted by molar-refractivity contribution is 0.386. The molecule has 0 aromatic heterocycles. The average Bonchev–Trinajstić information content (AvgIpc) is 2.44. The van der Waals surface area contributed by atoms with Gasteiger partial charge in [-0.1, -0.05) is 0 Å². The molecule has 106 valence electrons. The summed E-state index contributed by atoms with van der Waals surface area (Å²) in [4.78, 5) is 0. The first-order chi connectivity index (χ1) is 9.53. The molecule has 0 atom stereocenters. The van der Waals surface area contributed by atoms with Crippen molar-refractivity contribution in [1.29, 1.82) is 0 Å². The van der Waals surface area contributed by atoms with Crippen molar-refractivity contribution in [3.8, 4) is 23.0 Å². The molecule has 0 aliphatic rings. The molecule has 0 aliphatic carbocycles. The highest BCUT2D eigenvalue weighted by Crippen LogP contribution is 2.34. The third-order valence-corrected chi connectivity index (χ3v) is 3.43. The maximum atomic E-state index is 13.6. The second-order valence-corrected chi connectivity index (χ2v) is 5.12. The average molecular weight is 389 g/mol.